The van der Waals surface area contributed by atoms with E-state index in [0.717, 1.165) is 24.3 Å². The smallest absolute Gasteiger partial charge is 0.216 e. The van der Waals surface area contributed by atoms with Crippen molar-refractivity contribution in [2.45, 2.75) is 13.8 Å². The number of rotatable bonds is 9. The second-order valence-corrected chi connectivity index (χ2v) is 6.94. The number of anilines is 1. The van der Waals surface area contributed by atoms with Gasteiger partial charge in [-0.05, 0) is 62.5 Å². The predicted octanol–water partition coefficient (Wildman–Crippen LogP) is 4.36. The lowest BCUT2D eigenvalue weighted by Gasteiger charge is -2.21. The van der Waals surface area contributed by atoms with Crippen molar-refractivity contribution in [3.05, 3.63) is 46.7 Å². The molecule has 0 aliphatic heterocycles. The van der Waals surface area contributed by atoms with Gasteiger partial charge in [-0.2, -0.15) is 14.9 Å². The molecule has 164 valence electrons. The number of H-pyrrole nitrogens is 1. The van der Waals surface area contributed by atoms with Gasteiger partial charge in [0.05, 0.1) is 27.5 Å². The summed E-state index contributed by atoms with van der Waals surface area (Å²) in [5, 5.41) is 11.7. The van der Waals surface area contributed by atoms with Crippen molar-refractivity contribution in [1.29, 1.82) is 0 Å². The van der Waals surface area contributed by atoms with Crippen LogP contribution in [0.4, 0.5) is 5.69 Å². The molecule has 1 aromatic heterocycles. The highest BCUT2D eigenvalue weighted by atomic mass is 32.1. The molecule has 0 fully saturated rings. The molecule has 0 bridgehead atoms. The van der Waals surface area contributed by atoms with Crippen molar-refractivity contribution < 1.29 is 14.2 Å². The van der Waals surface area contributed by atoms with E-state index in [9.17, 15) is 0 Å². The maximum Gasteiger partial charge on any atom is 0.216 e. The molecule has 0 aliphatic rings. The van der Waals surface area contributed by atoms with E-state index in [4.69, 9.17) is 26.4 Å². The molecule has 0 spiro atoms. The van der Waals surface area contributed by atoms with Crippen LogP contribution in [0, 0.1) is 4.77 Å². The minimum Gasteiger partial charge on any atom is -0.493 e. The Labute approximate surface area is 187 Å². The van der Waals surface area contributed by atoms with E-state index >= 15 is 0 Å². The maximum absolute atomic E-state index is 5.52. The third-order valence-corrected chi connectivity index (χ3v) is 5.22. The zero-order valence-electron chi connectivity index (χ0n) is 18.4. The number of nitrogens with one attached hydrogen (secondary N) is 1. The molecule has 3 rings (SSSR count). The first-order valence-electron chi connectivity index (χ1n) is 9.93. The minimum absolute atomic E-state index is 0.388. The quantitative estimate of drug-likeness (QED) is 0.393. The molecule has 1 N–H and O–H groups in total. The van der Waals surface area contributed by atoms with E-state index in [-0.39, 0.29) is 0 Å². The van der Waals surface area contributed by atoms with Crippen LogP contribution in [0.2, 0.25) is 0 Å². The second kappa shape index (κ2) is 10.1. The standard InChI is InChI=1S/C22H27N5O3S/c1-6-26(7-2)17-11-8-15(9-12-17)21-24-25-22(31)27(21)23-14-16-10-13-18(28-3)20(30-5)19(16)29-4/h8-14H,6-7H2,1-5H3,(H,25,31). The van der Waals surface area contributed by atoms with E-state index in [1.807, 2.05) is 18.2 Å². The number of hydrogen-bond acceptors (Lipinski definition) is 7. The van der Waals surface area contributed by atoms with Gasteiger partial charge in [-0.1, -0.05) is 0 Å². The van der Waals surface area contributed by atoms with E-state index in [0.29, 0.717) is 33.4 Å². The average Bonchev–Trinajstić information content (AvgIpc) is 3.18. The first kappa shape index (κ1) is 22.4. The monoisotopic (exact) mass is 441 g/mol. The van der Waals surface area contributed by atoms with Crippen molar-refractivity contribution in [3.63, 3.8) is 0 Å². The number of nitrogens with zero attached hydrogens (tertiary/aromatic N) is 4. The predicted molar refractivity (Wildman–Crippen MR) is 125 cm³/mol. The van der Waals surface area contributed by atoms with Crippen LogP contribution in [0.5, 0.6) is 17.2 Å². The molecule has 0 amide bonds. The highest BCUT2D eigenvalue weighted by Gasteiger charge is 2.15. The highest BCUT2D eigenvalue weighted by Crippen LogP contribution is 2.39. The molecular formula is C22H27N5O3S. The normalized spacial score (nSPS) is 11.0. The Morgan fingerprint density at radius 3 is 2.26 bits per heavy atom. The molecule has 0 radical (unpaired) electrons. The molecule has 0 unspecified atom stereocenters. The van der Waals surface area contributed by atoms with Crippen LogP contribution in [0.15, 0.2) is 41.5 Å². The van der Waals surface area contributed by atoms with Gasteiger partial charge < -0.3 is 19.1 Å². The number of benzene rings is 2. The Morgan fingerprint density at radius 1 is 1.00 bits per heavy atom. The number of methoxy groups -OCH3 is 3. The van der Waals surface area contributed by atoms with Crippen LogP contribution in [0.25, 0.3) is 11.4 Å². The van der Waals surface area contributed by atoms with Crippen molar-refractivity contribution in [2.75, 3.05) is 39.3 Å². The topological polar surface area (TPSA) is 76.9 Å². The van der Waals surface area contributed by atoms with Gasteiger partial charge in [-0.15, -0.1) is 0 Å². The zero-order valence-corrected chi connectivity index (χ0v) is 19.2. The fourth-order valence-corrected chi connectivity index (χ4v) is 3.52. The molecule has 2 aromatic carbocycles. The summed E-state index contributed by atoms with van der Waals surface area (Å²) in [5.41, 5.74) is 2.78. The third-order valence-electron chi connectivity index (χ3n) is 4.95. The van der Waals surface area contributed by atoms with Crippen LogP contribution in [-0.4, -0.2) is 55.5 Å². The maximum atomic E-state index is 5.52. The van der Waals surface area contributed by atoms with Crippen LogP contribution < -0.4 is 19.1 Å². The molecule has 0 aliphatic carbocycles. The molecule has 0 saturated heterocycles. The second-order valence-electron chi connectivity index (χ2n) is 6.55. The number of ether oxygens (including phenoxy) is 3. The van der Waals surface area contributed by atoms with Crippen molar-refractivity contribution in [3.8, 4) is 28.6 Å². The summed E-state index contributed by atoms with van der Waals surface area (Å²) in [6, 6.07) is 11.8. The van der Waals surface area contributed by atoms with Crippen molar-refractivity contribution >= 4 is 24.1 Å². The lowest BCUT2D eigenvalue weighted by molar-refractivity contribution is 0.324. The molecule has 9 heteroatoms. The van der Waals surface area contributed by atoms with Crippen LogP contribution in [0.1, 0.15) is 19.4 Å². The first-order valence-corrected chi connectivity index (χ1v) is 10.3. The summed E-state index contributed by atoms with van der Waals surface area (Å²) in [6.07, 6.45) is 1.65. The SMILES string of the molecule is CCN(CC)c1ccc(-c2n[nH]c(=S)n2N=Cc2ccc(OC)c(OC)c2OC)cc1. The molecule has 31 heavy (non-hydrogen) atoms. The Kier molecular flexibility index (Phi) is 7.30. The van der Waals surface area contributed by atoms with Crippen molar-refractivity contribution in [1.82, 2.24) is 14.9 Å². The largest absolute Gasteiger partial charge is 0.493 e. The van der Waals surface area contributed by atoms with Gasteiger partial charge in [-0.3, -0.25) is 0 Å². The van der Waals surface area contributed by atoms with Gasteiger partial charge >= 0.3 is 0 Å². The van der Waals surface area contributed by atoms with Crippen LogP contribution >= 0.6 is 12.2 Å². The van der Waals surface area contributed by atoms with E-state index < -0.39 is 0 Å². The zero-order chi connectivity index (χ0) is 22.4. The van der Waals surface area contributed by atoms with Gasteiger partial charge in [0.2, 0.25) is 10.5 Å². The van der Waals surface area contributed by atoms with E-state index in [1.54, 1.807) is 38.3 Å². The number of hydrogen-bond donors (Lipinski definition) is 1. The van der Waals surface area contributed by atoms with Gasteiger partial charge in [0.1, 0.15) is 0 Å². The van der Waals surface area contributed by atoms with Crippen molar-refractivity contribution in [2.24, 2.45) is 5.10 Å². The highest BCUT2D eigenvalue weighted by molar-refractivity contribution is 7.71. The molecule has 8 nitrogen and oxygen atoms in total. The minimum atomic E-state index is 0.388. The summed E-state index contributed by atoms with van der Waals surface area (Å²) in [7, 11) is 4.71. The first-order chi connectivity index (χ1) is 15.1. The summed E-state index contributed by atoms with van der Waals surface area (Å²) < 4.78 is 18.3. The lowest BCUT2D eigenvalue weighted by atomic mass is 10.2. The summed E-state index contributed by atoms with van der Waals surface area (Å²) in [4.78, 5) is 2.28. The summed E-state index contributed by atoms with van der Waals surface area (Å²) in [6.45, 7) is 6.18. The Bertz CT molecular complexity index is 1100. The fraction of sp³-hybridized carbons (Fsp3) is 0.318. The lowest BCUT2D eigenvalue weighted by Crippen LogP contribution is -2.21. The summed E-state index contributed by atoms with van der Waals surface area (Å²) >= 11 is 5.39. The van der Waals surface area contributed by atoms with Gasteiger partial charge in [0.25, 0.3) is 0 Å². The van der Waals surface area contributed by atoms with E-state index in [1.165, 1.54) is 0 Å². The molecule has 1 heterocycles. The molecule has 3 aromatic rings. The Balaban J connectivity index is 1.97. The molecule has 0 atom stereocenters. The van der Waals surface area contributed by atoms with Gasteiger partial charge in [0, 0.05) is 29.9 Å². The fourth-order valence-electron chi connectivity index (χ4n) is 3.34. The molecule has 0 saturated carbocycles. The number of aromatic amines is 1. The number of aromatic nitrogens is 3. The Morgan fingerprint density at radius 2 is 1.68 bits per heavy atom. The van der Waals surface area contributed by atoms with Gasteiger partial charge in [0.15, 0.2) is 17.3 Å². The van der Waals surface area contributed by atoms with Gasteiger partial charge in [-0.25, -0.2) is 5.10 Å². The molecular weight excluding hydrogens is 414 g/mol. The Hall–Kier alpha value is -3.33. The summed E-state index contributed by atoms with van der Waals surface area (Å²) in [5.74, 6) is 2.21. The van der Waals surface area contributed by atoms with Crippen LogP contribution in [0.3, 0.4) is 0 Å². The van der Waals surface area contributed by atoms with Crippen LogP contribution in [-0.2, 0) is 0 Å². The average molecular weight is 442 g/mol. The third kappa shape index (κ3) is 4.56. The van der Waals surface area contributed by atoms with E-state index in [2.05, 4.69) is 46.2 Å².